The average Bonchev–Trinajstić information content (AvgIpc) is 3.04. The Morgan fingerprint density at radius 3 is 2.53 bits per heavy atom. The second-order valence-corrected chi connectivity index (χ2v) is 3.66. The Morgan fingerprint density at radius 1 is 1.41 bits per heavy atom. The molecule has 0 heterocycles. The van der Waals surface area contributed by atoms with Crippen LogP contribution in [0.3, 0.4) is 0 Å². The second kappa shape index (κ2) is 5.12. The lowest BCUT2D eigenvalue weighted by atomic mass is 10.3. The summed E-state index contributed by atoms with van der Waals surface area (Å²) in [6.45, 7) is 0.0226. The Morgan fingerprint density at radius 2 is 2.06 bits per heavy atom. The van der Waals surface area contributed by atoms with Crippen LogP contribution in [0.1, 0.15) is 12.8 Å². The van der Waals surface area contributed by atoms with E-state index in [2.05, 4.69) is 10.6 Å². The van der Waals surface area contributed by atoms with Crippen LogP contribution >= 0.6 is 0 Å². The number of primary amides is 1. The molecule has 17 heavy (non-hydrogen) atoms. The van der Waals surface area contributed by atoms with E-state index >= 15 is 0 Å². The van der Waals surface area contributed by atoms with Crippen molar-refractivity contribution < 1.29 is 14.4 Å². The third kappa shape index (κ3) is 3.95. The molecular weight excluding hydrogens is 224 g/mol. The molecule has 0 saturated heterocycles. The van der Waals surface area contributed by atoms with E-state index in [9.17, 15) is 14.4 Å². The van der Waals surface area contributed by atoms with Crippen LogP contribution in [0, 0.1) is 11.3 Å². The van der Waals surface area contributed by atoms with Crippen molar-refractivity contribution in [3.05, 3.63) is 12.2 Å². The maximum absolute atomic E-state index is 11.3. The molecule has 0 atom stereocenters. The molecule has 90 valence electrons. The van der Waals surface area contributed by atoms with Gasteiger partial charge in [-0.25, -0.2) is 0 Å². The van der Waals surface area contributed by atoms with E-state index in [4.69, 9.17) is 11.0 Å². The van der Waals surface area contributed by atoms with Gasteiger partial charge < -0.3 is 16.4 Å². The van der Waals surface area contributed by atoms with Crippen LogP contribution in [-0.2, 0) is 14.4 Å². The van der Waals surface area contributed by atoms with Gasteiger partial charge >= 0.3 is 11.8 Å². The van der Waals surface area contributed by atoms with Gasteiger partial charge in [-0.1, -0.05) is 6.08 Å². The smallest absolute Gasteiger partial charge is 0.309 e. The fraction of sp³-hybridized carbons (Fsp3) is 0.400. The average molecular weight is 236 g/mol. The molecule has 1 aliphatic rings. The van der Waals surface area contributed by atoms with Gasteiger partial charge in [-0.2, -0.15) is 5.26 Å². The highest BCUT2D eigenvalue weighted by molar-refractivity contribution is 6.34. The molecule has 1 fully saturated rings. The molecule has 0 unspecified atom stereocenters. The maximum Gasteiger partial charge on any atom is 0.309 e. The summed E-state index contributed by atoms with van der Waals surface area (Å²) in [6, 6.07) is 2.01. The molecule has 0 aromatic carbocycles. The summed E-state index contributed by atoms with van der Waals surface area (Å²) < 4.78 is 0. The summed E-state index contributed by atoms with van der Waals surface area (Å²) in [5.41, 5.74) is 3.99. The molecular formula is C10H12N4O3. The summed E-state index contributed by atoms with van der Waals surface area (Å²) in [4.78, 5) is 32.3. The Hall–Kier alpha value is -2.36. The van der Waals surface area contributed by atoms with Crippen molar-refractivity contribution in [2.75, 3.05) is 6.54 Å². The first kappa shape index (κ1) is 12.7. The van der Waals surface area contributed by atoms with Crippen molar-refractivity contribution in [2.45, 2.75) is 18.4 Å². The van der Waals surface area contributed by atoms with Crippen LogP contribution in [-0.4, -0.2) is 29.8 Å². The highest BCUT2D eigenvalue weighted by Gasteiger charge is 2.44. The molecule has 0 spiro atoms. The van der Waals surface area contributed by atoms with E-state index in [1.165, 1.54) is 12.2 Å². The number of hydrogen-bond acceptors (Lipinski definition) is 4. The molecule has 7 heteroatoms. The van der Waals surface area contributed by atoms with Gasteiger partial charge in [-0.05, 0) is 12.8 Å². The van der Waals surface area contributed by atoms with Gasteiger partial charge in [-0.15, -0.1) is 0 Å². The van der Waals surface area contributed by atoms with E-state index < -0.39 is 23.3 Å². The van der Waals surface area contributed by atoms with Crippen molar-refractivity contribution in [2.24, 2.45) is 5.73 Å². The van der Waals surface area contributed by atoms with Gasteiger partial charge in [0.2, 0.25) is 5.91 Å². The minimum Gasteiger partial charge on any atom is -0.361 e. The van der Waals surface area contributed by atoms with Crippen LogP contribution in [0.4, 0.5) is 0 Å². The monoisotopic (exact) mass is 236 g/mol. The first-order valence-corrected chi connectivity index (χ1v) is 4.97. The van der Waals surface area contributed by atoms with Crippen molar-refractivity contribution in [3.8, 4) is 6.07 Å². The molecule has 4 N–H and O–H groups in total. The Balaban J connectivity index is 2.25. The Bertz CT molecular complexity index is 418. The number of amides is 3. The lowest BCUT2D eigenvalue weighted by molar-refractivity contribution is -0.137. The Kier molecular flexibility index (Phi) is 3.82. The van der Waals surface area contributed by atoms with Crippen LogP contribution < -0.4 is 16.4 Å². The standard InChI is InChI=1S/C10H12N4O3/c11-6-10(3-4-10)14-7(15)2-1-5-13-9(17)8(12)16/h1-2H,3-5H2,(H2,12,16)(H,13,17)(H,14,15)/b2-1+. The summed E-state index contributed by atoms with van der Waals surface area (Å²) in [5.74, 6) is -2.40. The minimum absolute atomic E-state index is 0.0226. The van der Waals surface area contributed by atoms with Gasteiger partial charge in [0.05, 0.1) is 6.07 Å². The van der Waals surface area contributed by atoms with E-state index in [1.807, 2.05) is 6.07 Å². The van der Waals surface area contributed by atoms with Gasteiger partial charge in [0, 0.05) is 12.6 Å². The van der Waals surface area contributed by atoms with E-state index in [1.54, 1.807) is 0 Å². The first-order valence-electron chi connectivity index (χ1n) is 4.97. The number of hydrogen-bond donors (Lipinski definition) is 3. The quantitative estimate of drug-likeness (QED) is 0.398. The third-order valence-electron chi connectivity index (χ3n) is 2.20. The molecule has 1 aliphatic carbocycles. The molecule has 7 nitrogen and oxygen atoms in total. The number of rotatable bonds is 4. The number of nitrogens with one attached hydrogen (secondary N) is 2. The topological polar surface area (TPSA) is 125 Å². The van der Waals surface area contributed by atoms with Gasteiger partial charge in [-0.3, -0.25) is 14.4 Å². The van der Waals surface area contributed by atoms with Crippen LogP contribution in [0.15, 0.2) is 12.2 Å². The third-order valence-corrected chi connectivity index (χ3v) is 2.20. The maximum atomic E-state index is 11.3. The van der Waals surface area contributed by atoms with Crippen LogP contribution in [0.25, 0.3) is 0 Å². The van der Waals surface area contributed by atoms with E-state index in [-0.39, 0.29) is 6.54 Å². The lowest BCUT2D eigenvalue weighted by Gasteiger charge is -2.05. The van der Waals surface area contributed by atoms with Gasteiger partial charge in [0.1, 0.15) is 5.54 Å². The number of nitriles is 1. The molecule has 0 aromatic rings. The fourth-order valence-electron chi connectivity index (χ4n) is 1.07. The summed E-state index contributed by atoms with van der Waals surface area (Å²) in [6.07, 6.45) is 3.87. The predicted molar refractivity (Wildman–Crippen MR) is 57.1 cm³/mol. The number of carbonyl (C=O) groups is 3. The SMILES string of the molecule is N#CC1(NC(=O)/C=C/CNC(=O)C(N)=O)CC1. The number of nitrogens with two attached hydrogens (primary N) is 1. The van der Waals surface area contributed by atoms with Crippen molar-refractivity contribution in [1.82, 2.24) is 10.6 Å². The summed E-state index contributed by atoms with van der Waals surface area (Å²) in [5, 5.41) is 13.4. The second-order valence-electron chi connectivity index (χ2n) is 3.66. The van der Waals surface area contributed by atoms with Crippen molar-refractivity contribution >= 4 is 17.7 Å². The fourth-order valence-corrected chi connectivity index (χ4v) is 1.07. The zero-order valence-electron chi connectivity index (χ0n) is 9.03. The Labute approximate surface area is 97.6 Å². The van der Waals surface area contributed by atoms with E-state index in [0.717, 1.165) is 0 Å². The van der Waals surface area contributed by atoms with Crippen molar-refractivity contribution in [3.63, 3.8) is 0 Å². The molecule has 0 aliphatic heterocycles. The van der Waals surface area contributed by atoms with E-state index in [0.29, 0.717) is 12.8 Å². The molecule has 1 saturated carbocycles. The minimum atomic E-state index is -1.08. The number of carbonyl (C=O) groups excluding carboxylic acids is 3. The van der Waals surface area contributed by atoms with Gasteiger partial charge in [0.15, 0.2) is 0 Å². The van der Waals surface area contributed by atoms with Crippen LogP contribution in [0.5, 0.6) is 0 Å². The molecule has 0 bridgehead atoms. The number of nitrogens with zero attached hydrogens (tertiary/aromatic N) is 1. The predicted octanol–water partition coefficient (Wildman–Crippen LogP) is -1.68. The normalized spacial score (nSPS) is 15.9. The molecule has 3 amide bonds. The largest absolute Gasteiger partial charge is 0.361 e. The first-order chi connectivity index (χ1) is 7.99. The highest BCUT2D eigenvalue weighted by Crippen LogP contribution is 2.34. The zero-order chi connectivity index (χ0) is 12.9. The zero-order valence-corrected chi connectivity index (χ0v) is 9.03. The van der Waals surface area contributed by atoms with Crippen molar-refractivity contribution in [1.29, 1.82) is 5.26 Å². The summed E-state index contributed by atoms with van der Waals surface area (Å²) in [7, 11) is 0. The van der Waals surface area contributed by atoms with Crippen LogP contribution in [0.2, 0.25) is 0 Å². The molecule has 0 radical (unpaired) electrons. The highest BCUT2D eigenvalue weighted by atomic mass is 16.2. The summed E-state index contributed by atoms with van der Waals surface area (Å²) >= 11 is 0. The molecule has 1 rings (SSSR count). The lowest BCUT2D eigenvalue weighted by Crippen LogP contribution is -2.36. The van der Waals surface area contributed by atoms with Gasteiger partial charge in [0.25, 0.3) is 0 Å². The molecule has 0 aromatic heterocycles.